The van der Waals surface area contributed by atoms with Crippen LogP contribution in [0.3, 0.4) is 0 Å². The average Bonchev–Trinajstić information content (AvgIpc) is 2.82. The minimum atomic E-state index is -3.90. The Morgan fingerprint density at radius 2 is 0.429 bits per heavy atom. The molecule has 0 aromatic carbocycles. The van der Waals surface area contributed by atoms with Crippen LogP contribution in [0.2, 0.25) is 0 Å². The smallest absolute Gasteiger partial charge is 0.166 e. The zero-order valence-electron chi connectivity index (χ0n) is 20.4. The number of nitrogens with zero attached hydrogens (tertiary/aromatic N) is 5. The Labute approximate surface area is 266 Å². The van der Waals surface area contributed by atoms with E-state index in [0.29, 0.717) is 0 Å². The van der Waals surface area contributed by atoms with Gasteiger partial charge in [0.05, 0.1) is 34.5 Å². The maximum atomic E-state index is 11.3. The molecule has 0 N–H and O–H groups in total. The zero-order valence-corrected chi connectivity index (χ0v) is 33.4. The molecule has 2 radical (unpaired) electrons. The minimum absolute atomic E-state index is 0. The Hall–Kier alpha value is 3.95. The fourth-order valence-electron chi connectivity index (χ4n) is 0.306. The molecule has 5 nitrogen and oxygen atoms in total. The molecule has 0 saturated carbocycles. The van der Waals surface area contributed by atoms with Crippen molar-refractivity contribution in [3.05, 3.63) is 0 Å². The summed E-state index contributed by atoms with van der Waals surface area (Å²) in [6, 6.07) is 0. The van der Waals surface area contributed by atoms with Crippen molar-refractivity contribution in [2.45, 2.75) is 0 Å². The molecule has 0 aliphatic carbocycles. The number of halogens is 20. The molecule has 0 saturated heterocycles. The van der Waals surface area contributed by atoms with Crippen LogP contribution in [0.4, 0.5) is 83.9 Å². The summed E-state index contributed by atoms with van der Waals surface area (Å²) in [6.45, 7) is 0. The Morgan fingerprint density at radius 3 is 0.429 bits per heavy atom. The first-order chi connectivity index (χ1) is 17.8. The minimum Gasteiger partial charge on any atom is -0.166 e. The first-order valence-electron chi connectivity index (χ1n) is 8.12. The third-order valence-electron chi connectivity index (χ3n) is 2.46. The van der Waals surface area contributed by atoms with Gasteiger partial charge in [0.2, 0.25) is 0 Å². The van der Waals surface area contributed by atoms with Gasteiger partial charge in [-0.3, -0.25) is 0 Å². The summed E-state index contributed by atoms with van der Waals surface area (Å²) in [5.74, 6) is 0. The van der Waals surface area contributed by atoms with E-state index in [4.69, 9.17) is 0 Å². The fraction of sp³-hybridized carbons (Fsp3) is 1.00. The molecule has 0 aromatic rings. The second-order valence-electron chi connectivity index (χ2n) is 5.08. The number of hydrogen-bond acceptors (Lipinski definition) is 5. The number of rotatable bonds is 10. The van der Waals surface area contributed by atoms with Crippen molar-refractivity contribution in [2.75, 3.05) is 35.2 Å². The van der Waals surface area contributed by atoms with Crippen molar-refractivity contribution in [3.8, 4) is 0 Å². The first-order valence-corrected chi connectivity index (χ1v) is 19.9. The van der Waals surface area contributed by atoms with E-state index in [2.05, 4.69) is 0 Å². The summed E-state index contributed by atoms with van der Waals surface area (Å²) < 4.78 is 224. The third-order valence-corrected chi connectivity index (χ3v) is 12.2. The summed E-state index contributed by atoms with van der Waals surface area (Å²) in [6.07, 6.45) is 0. The van der Waals surface area contributed by atoms with E-state index in [1.54, 1.807) is 0 Å². The second kappa shape index (κ2) is 36.2. The van der Waals surface area contributed by atoms with Crippen molar-refractivity contribution in [1.82, 2.24) is 22.2 Å². The fourth-order valence-corrected chi connectivity index (χ4v) is 2.75. The van der Waals surface area contributed by atoms with Crippen molar-refractivity contribution >= 4 is 86.9 Å². The Balaban J connectivity index is -0.0000000721. The molecular weight excluding hydrogens is 1030 g/mol. The van der Waals surface area contributed by atoms with E-state index >= 15 is 0 Å². The van der Waals surface area contributed by atoms with Gasteiger partial charge in [-0.2, -0.15) is 16.8 Å². The summed E-state index contributed by atoms with van der Waals surface area (Å²) in [4.78, 5) is 0. The van der Waals surface area contributed by atoms with Crippen LogP contribution in [0.5, 0.6) is 0 Å². The molecular formula is C5H23F20N5P10Rh2+8. The van der Waals surface area contributed by atoms with Crippen LogP contribution in [0.25, 0.3) is 0 Å². The number of hydrogen-bond donors (Lipinski definition) is 0. The maximum Gasteiger partial charge on any atom is 0.486 e. The molecule has 0 amide bonds. The van der Waals surface area contributed by atoms with E-state index in [1.165, 1.54) is 0 Å². The molecule has 0 aliphatic heterocycles. The van der Waals surface area contributed by atoms with E-state index < -0.39 is 86.9 Å². The van der Waals surface area contributed by atoms with Crippen LogP contribution in [0.15, 0.2) is 0 Å². The molecule has 0 spiro atoms. The van der Waals surface area contributed by atoms with Gasteiger partial charge in [-0.25, -0.2) is 0 Å². The summed E-state index contributed by atoms with van der Waals surface area (Å²) >= 11 is 0. The normalized spacial score (nSPS) is 11.4. The van der Waals surface area contributed by atoms with Gasteiger partial charge in [0, 0.05) is 53.1 Å². The van der Waals surface area contributed by atoms with Gasteiger partial charge < -0.3 is 0 Å². The van der Waals surface area contributed by atoms with Gasteiger partial charge >= 0.3 is 86.9 Å². The molecule has 0 unspecified atom stereocenters. The summed E-state index contributed by atoms with van der Waals surface area (Å²) in [5, 5.41) is 0. The third kappa shape index (κ3) is 42.0. The van der Waals surface area contributed by atoms with Crippen LogP contribution in [0.1, 0.15) is 0 Å². The molecule has 37 heteroatoms. The van der Waals surface area contributed by atoms with Crippen LogP contribution in [-0.2, 0) is 39.0 Å². The molecule has 42 heavy (non-hydrogen) atoms. The van der Waals surface area contributed by atoms with Gasteiger partial charge in [0.15, 0.2) is 0 Å². The molecule has 0 bridgehead atoms. The molecule has 0 rings (SSSR count). The van der Waals surface area contributed by atoms with Crippen molar-refractivity contribution in [1.29, 1.82) is 0 Å². The van der Waals surface area contributed by atoms with Crippen LogP contribution in [-0.4, -0.2) is 57.4 Å². The standard InChI is InChI=1S/5CH3F4NP2.2Rh/c5*1-6(7(2)3)8(4)5;;/h5*1H3;;/p+8. The predicted octanol–water partition coefficient (Wildman–Crippen LogP) is 14.1. The molecule has 0 atom stereocenters. The van der Waals surface area contributed by atoms with Crippen molar-refractivity contribution in [2.24, 2.45) is 0 Å². The molecule has 0 aliphatic rings. The van der Waals surface area contributed by atoms with E-state index in [-0.39, 0.29) is 61.2 Å². The van der Waals surface area contributed by atoms with Gasteiger partial charge in [-0.15, -0.1) is 0 Å². The summed E-state index contributed by atoms with van der Waals surface area (Å²) in [7, 11) is -34.6. The topological polar surface area (TPSA) is 16.2 Å². The first kappa shape index (κ1) is 61.2. The second-order valence-corrected chi connectivity index (χ2v) is 18.4. The molecule has 0 fully saturated rings. The molecule has 268 valence electrons. The van der Waals surface area contributed by atoms with Gasteiger partial charge in [0.1, 0.15) is 0 Å². The largest absolute Gasteiger partial charge is 0.486 e. The molecule has 0 heterocycles. The van der Waals surface area contributed by atoms with Crippen molar-refractivity contribution in [3.63, 3.8) is 0 Å². The Morgan fingerprint density at radius 1 is 0.310 bits per heavy atom. The van der Waals surface area contributed by atoms with Gasteiger partial charge in [-0.1, -0.05) is 0 Å². The quantitative estimate of drug-likeness (QED) is 0.123. The van der Waals surface area contributed by atoms with Gasteiger partial charge in [-0.05, 0) is 76.0 Å². The van der Waals surface area contributed by atoms with E-state index in [0.717, 1.165) is 35.2 Å². The van der Waals surface area contributed by atoms with Crippen LogP contribution >= 0.6 is 86.9 Å². The van der Waals surface area contributed by atoms with E-state index in [9.17, 15) is 83.9 Å². The van der Waals surface area contributed by atoms with Crippen LogP contribution < -0.4 is 0 Å². The van der Waals surface area contributed by atoms with Gasteiger partial charge in [0.25, 0.3) is 0 Å². The zero-order chi connectivity index (χ0) is 33.7. The average molecular weight is 1050 g/mol. The Kier molecular flexibility index (Phi) is 52.8. The summed E-state index contributed by atoms with van der Waals surface area (Å²) in [5.41, 5.74) is 0. The van der Waals surface area contributed by atoms with E-state index in [1.807, 2.05) is 0 Å². The Bertz CT molecular complexity index is 411. The molecule has 0 aromatic heterocycles. The monoisotopic (exact) mass is 1050 g/mol. The predicted molar refractivity (Wildman–Crippen MR) is 141 cm³/mol. The maximum absolute atomic E-state index is 11.3. The van der Waals surface area contributed by atoms with Crippen LogP contribution in [0, 0.1) is 0 Å². The SMILES string of the molecule is CN(P(F)F)[PH+](F)F.CN(P(F)F)[PH+](F)F.CN([PH+](F)F)[PH+](F)F.CN([PH+](F)F)[PH+](F)F.CN([PH+](F)F)[PH+](F)F.[Rh].[Rh]. The van der Waals surface area contributed by atoms with Crippen molar-refractivity contribution < 1.29 is 123 Å².